The molecule has 0 atom stereocenters. The van der Waals surface area contributed by atoms with Crippen LogP contribution in [0.4, 0.5) is 0 Å². The fourth-order valence-corrected chi connectivity index (χ4v) is 3.06. The minimum absolute atomic E-state index is 0. The van der Waals surface area contributed by atoms with Crippen LogP contribution in [0.5, 0.6) is 0 Å². The predicted molar refractivity (Wildman–Crippen MR) is 65.5 cm³/mol. The molecule has 0 nitrogen and oxygen atoms in total. The van der Waals surface area contributed by atoms with Gasteiger partial charge in [0.15, 0.2) is 0 Å². The van der Waals surface area contributed by atoms with Crippen molar-refractivity contribution in [3.63, 3.8) is 0 Å². The first-order chi connectivity index (χ1) is 6.95. The van der Waals surface area contributed by atoms with Crippen LogP contribution in [0.1, 0.15) is 0 Å². The van der Waals surface area contributed by atoms with Crippen molar-refractivity contribution >= 4 is 23.5 Å². The van der Waals surface area contributed by atoms with Crippen LogP contribution in [0.3, 0.4) is 0 Å². The van der Waals surface area contributed by atoms with E-state index in [1.807, 2.05) is 23.5 Å². The minimum atomic E-state index is 0. The molecular formula is C12H12FeS2-2. The van der Waals surface area contributed by atoms with Crippen LogP contribution >= 0.6 is 23.5 Å². The van der Waals surface area contributed by atoms with E-state index in [0.717, 1.165) is 0 Å². The Hall–Kier alpha value is -0.0805. The van der Waals surface area contributed by atoms with Crippen LogP contribution in [0.25, 0.3) is 0 Å². The van der Waals surface area contributed by atoms with Crippen molar-refractivity contribution in [2.75, 3.05) is 11.5 Å². The second kappa shape index (κ2) is 7.24. The van der Waals surface area contributed by atoms with E-state index in [1.54, 1.807) is 0 Å². The topological polar surface area (TPSA) is 0 Å². The van der Waals surface area contributed by atoms with Crippen molar-refractivity contribution in [2.24, 2.45) is 0 Å². The third-order valence-electron chi connectivity index (χ3n) is 1.88. The Morgan fingerprint density at radius 3 is 1.33 bits per heavy atom. The smallest absolute Gasteiger partial charge is 0 e. The number of hydrogen-bond acceptors (Lipinski definition) is 2. The molecule has 0 unspecified atom stereocenters. The van der Waals surface area contributed by atoms with Crippen LogP contribution in [0, 0.1) is 0 Å². The summed E-state index contributed by atoms with van der Waals surface area (Å²) in [5, 5.41) is 0. The van der Waals surface area contributed by atoms with Crippen LogP contribution in [0.2, 0.25) is 0 Å². The molecule has 0 amide bonds. The van der Waals surface area contributed by atoms with Gasteiger partial charge in [-0.1, -0.05) is 0 Å². The van der Waals surface area contributed by atoms with E-state index in [9.17, 15) is 0 Å². The summed E-state index contributed by atoms with van der Waals surface area (Å²) in [6.07, 6.45) is 0. The summed E-state index contributed by atoms with van der Waals surface area (Å²) in [6, 6.07) is 17.0. The van der Waals surface area contributed by atoms with Crippen molar-refractivity contribution < 1.29 is 17.1 Å². The number of hydrogen-bond donors (Lipinski definition) is 0. The van der Waals surface area contributed by atoms with Crippen LogP contribution in [-0.4, -0.2) is 11.5 Å². The molecule has 0 aromatic heterocycles. The Labute approximate surface area is 110 Å². The van der Waals surface area contributed by atoms with Gasteiger partial charge in [-0.25, -0.2) is 24.3 Å². The van der Waals surface area contributed by atoms with Gasteiger partial charge in [-0.2, -0.15) is 47.8 Å². The molecule has 0 saturated carbocycles. The van der Waals surface area contributed by atoms with Gasteiger partial charge in [0.1, 0.15) is 0 Å². The first-order valence-electron chi connectivity index (χ1n) is 4.64. The second-order valence-corrected chi connectivity index (χ2v) is 5.27. The maximum absolute atomic E-state index is 2.16. The van der Waals surface area contributed by atoms with E-state index in [0.29, 0.717) is 0 Å². The summed E-state index contributed by atoms with van der Waals surface area (Å²) in [5.41, 5.74) is 0. The Balaban J connectivity index is 0.00000112. The quantitative estimate of drug-likeness (QED) is 0.350. The van der Waals surface area contributed by atoms with E-state index in [1.165, 1.54) is 21.3 Å². The minimum Gasteiger partial charge on any atom is -0.213 e. The fourth-order valence-electron chi connectivity index (χ4n) is 1.22. The van der Waals surface area contributed by atoms with Gasteiger partial charge in [-0.3, -0.25) is 0 Å². The molecule has 0 saturated heterocycles. The van der Waals surface area contributed by atoms with Gasteiger partial charge in [0.25, 0.3) is 0 Å². The van der Waals surface area contributed by atoms with Gasteiger partial charge in [0, 0.05) is 17.1 Å². The molecule has 0 N–H and O–H groups in total. The standard InChI is InChI=1S/C12H12S2.Fe/c1-2-6-11(5-1)13-9-10-14-12-7-3-4-8-12;/h1-8H,9-10H2;/q-2;. The van der Waals surface area contributed by atoms with Crippen molar-refractivity contribution in [3.8, 4) is 0 Å². The monoisotopic (exact) mass is 276 g/mol. The third-order valence-corrected chi connectivity index (χ3v) is 4.17. The van der Waals surface area contributed by atoms with Crippen LogP contribution in [0.15, 0.2) is 58.3 Å². The Kier molecular flexibility index (Phi) is 6.26. The molecule has 2 aromatic rings. The van der Waals surface area contributed by atoms with Gasteiger partial charge >= 0.3 is 0 Å². The van der Waals surface area contributed by atoms with Crippen LogP contribution < -0.4 is 0 Å². The molecule has 2 rings (SSSR count). The van der Waals surface area contributed by atoms with E-state index < -0.39 is 0 Å². The molecule has 15 heavy (non-hydrogen) atoms. The maximum atomic E-state index is 2.16. The average molecular weight is 276 g/mol. The summed E-state index contributed by atoms with van der Waals surface area (Å²) in [4.78, 5) is 2.77. The summed E-state index contributed by atoms with van der Waals surface area (Å²) >= 11 is 3.86. The molecule has 0 fully saturated rings. The summed E-state index contributed by atoms with van der Waals surface area (Å²) in [7, 11) is 0. The number of rotatable bonds is 5. The average Bonchev–Trinajstić information content (AvgIpc) is 2.86. The molecule has 0 aliphatic heterocycles. The molecule has 0 bridgehead atoms. The summed E-state index contributed by atoms with van der Waals surface area (Å²) in [5.74, 6) is 2.36. The summed E-state index contributed by atoms with van der Waals surface area (Å²) < 4.78 is 0. The van der Waals surface area contributed by atoms with Gasteiger partial charge in [0.05, 0.1) is 0 Å². The molecule has 0 heterocycles. The predicted octanol–water partition coefficient (Wildman–Crippen LogP) is 4.01. The molecule has 0 spiro atoms. The first kappa shape index (κ1) is 13.0. The first-order valence-corrected chi connectivity index (χ1v) is 6.61. The molecular weight excluding hydrogens is 264 g/mol. The zero-order valence-electron chi connectivity index (χ0n) is 8.20. The molecule has 0 aliphatic carbocycles. The van der Waals surface area contributed by atoms with Crippen molar-refractivity contribution in [1.82, 2.24) is 0 Å². The fraction of sp³-hybridized carbons (Fsp3) is 0.167. The SMILES string of the molecule is [Fe].c1cc[c-](SCCS[c-]2cccc2)c1. The van der Waals surface area contributed by atoms with E-state index in [4.69, 9.17) is 0 Å². The molecule has 0 aliphatic rings. The zero-order valence-corrected chi connectivity index (χ0v) is 10.9. The van der Waals surface area contributed by atoms with Gasteiger partial charge in [-0.05, 0) is 11.5 Å². The zero-order chi connectivity index (χ0) is 9.64. The Morgan fingerprint density at radius 2 is 1.00 bits per heavy atom. The Bertz CT molecular complexity index is 301. The number of thioether (sulfide) groups is 2. The van der Waals surface area contributed by atoms with Crippen molar-refractivity contribution in [2.45, 2.75) is 9.79 Å². The maximum Gasteiger partial charge on any atom is 0 e. The van der Waals surface area contributed by atoms with Crippen LogP contribution in [-0.2, 0) is 17.1 Å². The Morgan fingerprint density at radius 1 is 0.667 bits per heavy atom. The largest absolute Gasteiger partial charge is 0.213 e. The molecule has 2 aromatic carbocycles. The van der Waals surface area contributed by atoms with Gasteiger partial charge in [-0.15, -0.1) is 9.79 Å². The van der Waals surface area contributed by atoms with Crippen molar-refractivity contribution in [1.29, 1.82) is 0 Å². The van der Waals surface area contributed by atoms with E-state index in [2.05, 4.69) is 48.5 Å². The normalized spacial score (nSPS) is 9.87. The summed E-state index contributed by atoms with van der Waals surface area (Å²) in [6.45, 7) is 0. The van der Waals surface area contributed by atoms with Gasteiger partial charge in [0.2, 0.25) is 0 Å². The third kappa shape index (κ3) is 4.52. The second-order valence-electron chi connectivity index (χ2n) is 2.94. The van der Waals surface area contributed by atoms with Crippen molar-refractivity contribution in [3.05, 3.63) is 48.5 Å². The molecule has 3 heteroatoms. The van der Waals surface area contributed by atoms with E-state index >= 15 is 0 Å². The van der Waals surface area contributed by atoms with E-state index in [-0.39, 0.29) is 17.1 Å². The molecule has 0 radical (unpaired) electrons. The molecule has 82 valence electrons. The van der Waals surface area contributed by atoms with Gasteiger partial charge < -0.3 is 0 Å².